The fraction of sp³-hybridized carbons (Fsp3) is 0.200. The lowest BCUT2D eigenvalue weighted by atomic mass is 10.1. The van der Waals surface area contributed by atoms with E-state index in [-0.39, 0.29) is 0 Å². The summed E-state index contributed by atoms with van der Waals surface area (Å²) in [6.07, 6.45) is 1.48. The second-order valence-corrected chi connectivity index (χ2v) is 6.15. The van der Waals surface area contributed by atoms with Crippen LogP contribution in [-0.2, 0) is 6.54 Å². The van der Waals surface area contributed by atoms with Gasteiger partial charge >= 0.3 is 0 Å². The lowest BCUT2D eigenvalue weighted by Crippen LogP contribution is -2.08. The van der Waals surface area contributed by atoms with Crippen molar-refractivity contribution in [3.63, 3.8) is 0 Å². The molecular weight excluding hydrogens is 326 g/mol. The standard InChI is InChI=1S/C20H23N5O/c1-13-4-7-15(8-5-13)11-22-19-18(21)20(24-12-23-19)25-16-10-14(2)6-9-17(16)26-3/h4-10,12H,11,21H2,1-3H3,(H2,22,23,24,25). The molecule has 0 fully saturated rings. The Morgan fingerprint density at radius 2 is 1.65 bits per heavy atom. The molecule has 0 amide bonds. The van der Waals surface area contributed by atoms with E-state index in [2.05, 4.69) is 51.8 Å². The van der Waals surface area contributed by atoms with Gasteiger partial charge in [-0.2, -0.15) is 0 Å². The van der Waals surface area contributed by atoms with Crippen molar-refractivity contribution in [3.8, 4) is 5.75 Å². The van der Waals surface area contributed by atoms with Gasteiger partial charge in [-0.1, -0.05) is 35.9 Å². The summed E-state index contributed by atoms with van der Waals surface area (Å²) in [5.41, 5.74) is 11.0. The highest BCUT2D eigenvalue weighted by atomic mass is 16.5. The number of aromatic nitrogens is 2. The number of methoxy groups -OCH3 is 1. The minimum atomic E-state index is 0.461. The van der Waals surface area contributed by atoms with E-state index in [4.69, 9.17) is 10.5 Å². The maximum absolute atomic E-state index is 6.26. The number of rotatable bonds is 6. The predicted molar refractivity (Wildman–Crippen MR) is 106 cm³/mol. The molecule has 0 spiro atoms. The Kier molecular flexibility index (Phi) is 5.22. The van der Waals surface area contributed by atoms with Gasteiger partial charge in [0.1, 0.15) is 17.8 Å². The van der Waals surface area contributed by atoms with Crippen LogP contribution in [0.2, 0.25) is 0 Å². The van der Waals surface area contributed by atoms with Gasteiger partial charge in [0.15, 0.2) is 11.6 Å². The van der Waals surface area contributed by atoms with E-state index in [0.717, 1.165) is 22.6 Å². The van der Waals surface area contributed by atoms with Crippen LogP contribution in [0.5, 0.6) is 5.75 Å². The van der Waals surface area contributed by atoms with E-state index in [1.165, 1.54) is 11.9 Å². The van der Waals surface area contributed by atoms with Crippen LogP contribution in [0, 0.1) is 13.8 Å². The van der Waals surface area contributed by atoms with E-state index in [0.29, 0.717) is 23.9 Å². The first-order chi connectivity index (χ1) is 12.6. The highest BCUT2D eigenvalue weighted by Crippen LogP contribution is 2.31. The van der Waals surface area contributed by atoms with Crippen LogP contribution in [0.3, 0.4) is 0 Å². The Bertz CT molecular complexity index is 893. The van der Waals surface area contributed by atoms with Crippen molar-refractivity contribution in [2.45, 2.75) is 20.4 Å². The maximum Gasteiger partial charge on any atom is 0.159 e. The van der Waals surface area contributed by atoms with E-state index < -0.39 is 0 Å². The number of benzene rings is 2. The highest BCUT2D eigenvalue weighted by molar-refractivity contribution is 5.79. The van der Waals surface area contributed by atoms with Crippen LogP contribution < -0.4 is 21.1 Å². The number of nitrogens with one attached hydrogen (secondary N) is 2. The van der Waals surface area contributed by atoms with Crippen LogP contribution in [0.1, 0.15) is 16.7 Å². The fourth-order valence-electron chi connectivity index (χ4n) is 2.57. The van der Waals surface area contributed by atoms with Crippen molar-refractivity contribution in [2.75, 3.05) is 23.5 Å². The van der Waals surface area contributed by atoms with Crippen molar-refractivity contribution < 1.29 is 4.74 Å². The number of nitrogens with two attached hydrogens (primary N) is 1. The van der Waals surface area contributed by atoms with Gasteiger partial charge in [0.05, 0.1) is 12.8 Å². The largest absolute Gasteiger partial charge is 0.495 e. The number of hydrogen-bond acceptors (Lipinski definition) is 6. The SMILES string of the molecule is COc1ccc(C)cc1Nc1ncnc(NCc2ccc(C)cc2)c1N. The first-order valence-electron chi connectivity index (χ1n) is 8.38. The number of nitrogens with zero attached hydrogens (tertiary/aromatic N) is 2. The Balaban J connectivity index is 1.79. The third-order valence-corrected chi connectivity index (χ3v) is 4.07. The van der Waals surface area contributed by atoms with E-state index >= 15 is 0 Å². The zero-order valence-corrected chi connectivity index (χ0v) is 15.2. The van der Waals surface area contributed by atoms with Crippen LogP contribution in [-0.4, -0.2) is 17.1 Å². The van der Waals surface area contributed by atoms with Gasteiger partial charge in [0.2, 0.25) is 0 Å². The minimum absolute atomic E-state index is 0.461. The van der Waals surface area contributed by atoms with Crippen molar-refractivity contribution in [1.29, 1.82) is 0 Å². The molecule has 0 saturated heterocycles. The molecule has 0 aliphatic rings. The Hall–Kier alpha value is -3.28. The van der Waals surface area contributed by atoms with Crippen molar-refractivity contribution in [2.24, 2.45) is 0 Å². The number of nitrogen functional groups attached to an aromatic ring is 1. The van der Waals surface area contributed by atoms with Crippen molar-refractivity contribution in [3.05, 3.63) is 65.5 Å². The molecule has 0 aliphatic heterocycles. The molecule has 26 heavy (non-hydrogen) atoms. The third-order valence-electron chi connectivity index (χ3n) is 4.07. The lowest BCUT2D eigenvalue weighted by molar-refractivity contribution is 0.416. The van der Waals surface area contributed by atoms with Gasteiger partial charge < -0.3 is 21.1 Å². The minimum Gasteiger partial charge on any atom is -0.495 e. The molecule has 0 radical (unpaired) electrons. The summed E-state index contributed by atoms with van der Waals surface area (Å²) < 4.78 is 5.40. The van der Waals surface area contributed by atoms with Crippen LogP contribution in [0.15, 0.2) is 48.8 Å². The molecule has 0 saturated carbocycles. The summed E-state index contributed by atoms with van der Waals surface area (Å²) in [7, 11) is 1.63. The zero-order chi connectivity index (χ0) is 18.5. The Morgan fingerprint density at radius 1 is 0.962 bits per heavy atom. The number of anilines is 4. The molecule has 0 atom stereocenters. The summed E-state index contributed by atoms with van der Waals surface area (Å²) in [6.45, 7) is 4.72. The zero-order valence-electron chi connectivity index (χ0n) is 15.2. The topological polar surface area (TPSA) is 85.1 Å². The molecule has 3 aromatic rings. The van der Waals surface area contributed by atoms with E-state index in [9.17, 15) is 0 Å². The normalized spacial score (nSPS) is 10.4. The molecule has 3 rings (SSSR count). The lowest BCUT2D eigenvalue weighted by Gasteiger charge is -2.15. The van der Waals surface area contributed by atoms with Gasteiger partial charge in [-0.25, -0.2) is 9.97 Å². The first kappa shape index (κ1) is 17.5. The smallest absolute Gasteiger partial charge is 0.159 e. The summed E-state index contributed by atoms with van der Waals surface area (Å²) in [6, 6.07) is 14.2. The Labute approximate surface area is 153 Å². The van der Waals surface area contributed by atoms with Gasteiger partial charge in [-0.15, -0.1) is 0 Å². The second-order valence-electron chi connectivity index (χ2n) is 6.15. The van der Waals surface area contributed by atoms with Crippen LogP contribution in [0.4, 0.5) is 23.0 Å². The molecule has 1 heterocycles. The van der Waals surface area contributed by atoms with E-state index in [1.807, 2.05) is 25.1 Å². The maximum atomic E-state index is 6.26. The highest BCUT2D eigenvalue weighted by Gasteiger charge is 2.11. The molecule has 0 bridgehead atoms. The van der Waals surface area contributed by atoms with Crippen LogP contribution in [0.25, 0.3) is 0 Å². The van der Waals surface area contributed by atoms with Crippen LogP contribution >= 0.6 is 0 Å². The average molecular weight is 349 g/mol. The quantitative estimate of drug-likeness (QED) is 0.623. The molecule has 2 aromatic carbocycles. The molecule has 6 heteroatoms. The van der Waals surface area contributed by atoms with E-state index in [1.54, 1.807) is 7.11 Å². The van der Waals surface area contributed by atoms with Crippen molar-refractivity contribution >= 4 is 23.0 Å². The molecule has 0 unspecified atom stereocenters. The molecule has 6 nitrogen and oxygen atoms in total. The summed E-state index contributed by atoms with van der Waals surface area (Å²) in [5, 5.41) is 6.50. The fourth-order valence-corrected chi connectivity index (χ4v) is 2.57. The second kappa shape index (κ2) is 7.74. The summed E-state index contributed by atoms with van der Waals surface area (Å²) >= 11 is 0. The molecular formula is C20H23N5O. The monoisotopic (exact) mass is 349 g/mol. The van der Waals surface area contributed by atoms with Gasteiger partial charge in [-0.05, 0) is 37.1 Å². The van der Waals surface area contributed by atoms with Crippen molar-refractivity contribution in [1.82, 2.24) is 9.97 Å². The number of ether oxygens (including phenoxy) is 1. The summed E-state index contributed by atoms with van der Waals surface area (Å²) in [5.74, 6) is 1.85. The summed E-state index contributed by atoms with van der Waals surface area (Å²) in [4.78, 5) is 8.52. The predicted octanol–water partition coefficient (Wildman–Crippen LogP) is 4.04. The molecule has 0 aliphatic carbocycles. The van der Waals surface area contributed by atoms with Gasteiger partial charge in [0.25, 0.3) is 0 Å². The first-order valence-corrected chi connectivity index (χ1v) is 8.38. The third kappa shape index (κ3) is 4.03. The van der Waals surface area contributed by atoms with Gasteiger partial charge in [-0.3, -0.25) is 0 Å². The number of hydrogen-bond donors (Lipinski definition) is 3. The Morgan fingerprint density at radius 3 is 2.38 bits per heavy atom. The average Bonchev–Trinajstić information content (AvgIpc) is 2.64. The van der Waals surface area contributed by atoms with Gasteiger partial charge in [0, 0.05) is 6.54 Å². The number of aryl methyl sites for hydroxylation is 2. The molecule has 1 aromatic heterocycles. The molecule has 134 valence electrons. The molecule has 4 N–H and O–H groups in total.